The van der Waals surface area contributed by atoms with Crippen LogP contribution in [0.5, 0.6) is 0 Å². The highest BCUT2D eigenvalue weighted by molar-refractivity contribution is 5.93. The quantitative estimate of drug-likeness (QED) is 0.655. The Hall–Kier alpha value is -3.26. The van der Waals surface area contributed by atoms with Crippen molar-refractivity contribution in [2.75, 3.05) is 37.7 Å². The summed E-state index contributed by atoms with van der Waals surface area (Å²) in [5.74, 6) is 0.420. The first-order valence-corrected chi connectivity index (χ1v) is 9.69. The van der Waals surface area contributed by atoms with Crippen LogP contribution in [-0.4, -0.2) is 53.6 Å². The highest BCUT2D eigenvalue weighted by Gasteiger charge is 2.26. The fourth-order valence-electron chi connectivity index (χ4n) is 3.75. The first-order valence-electron chi connectivity index (χ1n) is 9.69. The topological polar surface area (TPSA) is 88.8 Å². The summed E-state index contributed by atoms with van der Waals surface area (Å²) < 4.78 is 11.1. The van der Waals surface area contributed by atoms with Crippen molar-refractivity contribution in [3.05, 3.63) is 63.8 Å². The normalized spacial score (nSPS) is 16.7. The van der Waals surface area contributed by atoms with Crippen molar-refractivity contribution in [2.24, 2.45) is 0 Å². The number of benzene rings is 1. The average molecular weight is 392 g/mol. The van der Waals surface area contributed by atoms with Gasteiger partial charge in [0.15, 0.2) is 11.2 Å². The minimum Gasteiger partial charge on any atom is -0.451 e. The molecule has 2 aromatic heterocycles. The van der Waals surface area contributed by atoms with Crippen LogP contribution in [-0.2, 0) is 17.7 Å². The molecule has 0 atom stereocenters. The average Bonchev–Trinajstić information content (AvgIpc) is 2.78. The lowest BCUT2D eigenvalue weighted by atomic mass is 10.1. The monoisotopic (exact) mass is 392 g/mol. The lowest BCUT2D eigenvalue weighted by Crippen LogP contribution is -2.39. The van der Waals surface area contributed by atoms with E-state index in [1.54, 1.807) is 29.2 Å². The first kappa shape index (κ1) is 17.8. The number of carbonyl (C=O) groups is 1. The Morgan fingerprint density at radius 1 is 1.10 bits per heavy atom. The van der Waals surface area contributed by atoms with Gasteiger partial charge in [0.05, 0.1) is 30.8 Å². The molecule has 2 aliphatic heterocycles. The molecule has 0 N–H and O–H groups in total. The van der Waals surface area contributed by atoms with E-state index < -0.39 is 0 Å². The zero-order chi connectivity index (χ0) is 19.8. The number of morpholine rings is 1. The largest absolute Gasteiger partial charge is 0.451 e. The van der Waals surface area contributed by atoms with Crippen LogP contribution in [0.1, 0.15) is 21.8 Å². The number of amides is 1. The molecule has 0 unspecified atom stereocenters. The number of hydrogen-bond acceptors (Lipinski definition) is 7. The number of hydrogen-bond donors (Lipinski definition) is 0. The number of ether oxygens (including phenoxy) is 1. The molecular formula is C21H20N4O4. The summed E-state index contributed by atoms with van der Waals surface area (Å²) in [5.41, 5.74) is 2.08. The standard InChI is InChI=1S/C21H20N4O4/c26-17-11-19(29-18-4-2-1-3-15(17)18)20(27)25-6-5-14-12-22-21(23-16(14)13-25)24-7-9-28-10-8-24/h1-4,11-12H,5-10,13H2. The van der Waals surface area contributed by atoms with Gasteiger partial charge >= 0.3 is 0 Å². The molecule has 1 fully saturated rings. The van der Waals surface area contributed by atoms with Crippen molar-refractivity contribution in [1.29, 1.82) is 0 Å². The van der Waals surface area contributed by atoms with Crippen LogP contribution < -0.4 is 10.3 Å². The van der Waals surface area contributed by atoms with Crippen molar-refractivity contribution in [1.82, 2.24) is 14.9 Å². The zero-order valence-electron chi connectivity index (χ0n) is 15.8. The van der Waals surface area contributed by atoms with Crippen LogP contribution in [0.15, 0.2) is 45.7 Å². The van der Waals surface area contributed by atoms with Crippen LogP contribution in [0.25, 0.3) is 11.0 Å². The smallest absolute Gasteiger partial charge is 0.290 e. The predicted octanol–water partition coefficient (Wildman–Crippen LogP) is 1.62. The fraction of sp³-hybridized carbons (Fsp3) is 0.333. The van der Waals surface area contributed by atoms with Gasteiger partial charge in [0.1, 0.15) is 5.58 Å². The van der Waals surface area contributed by atoms with Crippen LogP contribution >= 0.6 is 0 Å². The van der Waals surface area contributed by atoms with E-state index in [-0.39, 0.29) is 17.1 Å². The Morgan fingerprint density at radius 2 is 1.93 bits per heavy atom. The maximum absolute atomic E-state index is 13.0. The third-order valence-corrected chi connectivity index (χ3v) is 5.36. The van der Waals surface area contributed by atoms with Gasteiger partial charge in [-0.1, -0.05) is 12.1 Å². The molecule has 8 nitrogen and oxygen atoms in total. The molecule has 1 saturated heterocycles. The third kappa shape index (κ3) is 3.36. The van der Waals surface area contributed by atoms with Crippen molar-refractivity contribution in [3.63, 3.8) is 0 Å². The first-order chi connectivity index (χ1) is 14.2. The number of nitrogens with zero attached hydrogens (tertiary/aromatic N) is 4. The predicted molar refractivity (Wildman–Crippen MR) is 106 cm³/mol. The summed E-state index contributed by atoms with van der Waals surface area (Å²) in [6.07, 6.45) is 2.52. The summed E-state index contributed by atoms with van der Waals surface area (Å²) in [4.78, 5) is 38.3. The molecule has 148 valence electrons. The SMILES string of the molecule is O=C(c1cc(=O)c2ccccc2o1)N1CCc2cnc(N3CCOCC3)nc2C1. The number of rotatable bonds is 2. The summed E-state index contributed by atoms with van der Waals surface area (Å²) in [6.45, 7) is 3.72. The van der Waals surface area contributed by atoms with Crippen molar-refractivity contribution in [2.45, 2.75) is 13.0 Å². The van der Waals surface area contributed by atoms with Crippen LogP contribution in [0.3, 0.4) is 0 Å². The number of para-hydroxylation sites is 1. The fourth-order valence-corrected chi connectivity index (χ4v) is 3.75. The second kappa shape index (κ2) is 7.29. The number of carbonyl (C=O) groups excluding carboxylic acids is 1. The van der Waals surface area contributed by atoms with Crippen LogP contribution in [0.4, 0.5) is 5.95 Å². The Labute approximate surface area is 166 Å². The second-order valence-electron chi connectivity index (χ2n) is 7.19. The Bertz CT molecular complexity index is 1140. The molecule has 29 heavy (non-hydrogen) atoms. The van der Waals surface area contributed by atoms with Gasteiger partial charge in [-0.15, -0.1) is 0 Å². The molecule has 5 rings (SSSR count). The molecule has 0 aliphatic carbocycles. The molecule has 4 heterocycles. The second-order valence-corrected chi connectivity index (χ2v) is 7.19. The highest BCUT2D eigenvalue weighted by Crippen LogP contribution is 2.22. The van der Waals surface area contributed by atoms with Crippen LogP contribution in [0.2, 0.25) is 0 Å². The van der Waals surface area contributed by atoms with Gasteiger partial charge in [-0.05, 0) is 24.1 Å². The summed E-state index contributed by atoms with van der Waals surface area (Å²) >= 11 is 0. The molecule has 0 radical (unpaired) electrons. The Balaban J connectivity index is 1.41. The minimum absolute atomic E-state index is 0.0552. The molecule has 0 saturated carbocycles. The van der Waals surface area contributed by atoms with E-state index in [9.17, 15) is 9.59 Å². The number of aromatic nitrogens is 2. The zero-order valence-corrected chi connectivity index (χ0v) is 15.8. The molecular weight excluding hydrogens is 372 g/mol. The molecule has 1 amide bonds. The van der Waals surface area contributed by atoms with E-state index in [4.69, 9.17) is 14.1 Å². The Kier molecular flexibility index (Phi) is 4.48. The lowest BCUT2D eigenvalue weighted by molar-refractivity contribution is 0.0700. The van der Waals surface area contributed by atoms with E-state index in [1.807, 2.05) is 6.20 Å². The number of fused-ring (bicyclic) bond motifs is 2. The highest BCUT2D eigenvalue weighted by atomic mass is 16.5. The van der Waals surface area contributed by atoms with Gasteiger partial charge in [-0.2, -0.15) is 0 Å². The van der Waals surface area contributed by atoms with E-state index in [0.717, 1.165) is 24.3 Å². The minimum atomic E-state index is -0.301. The van der Waals surface area contributed by atoms with Gasteiger partial charge in [0, 0.05) is 31.9 Å². The summed E-state index contributed by atoms with van der Waals surface area (Å²) in [6, 6.07) is 8.21. The Morgan fingerprint density at radius 3 is 2.79 bits per heavy atom. The van der Waals surface area contributed by atoms with Crippen molar-refractivity contribution < 1.29 is 13.9 Å². The number of anilines is 1. The van der Waals surface area contributed by atoms with Gasteiger partial charge in [-0.25, -0.2) is 9.97 Å². The van der Waals surface area contributed by atoms with Gasteiger partial charge in [0.25, 0.3) is 5.91 Å². The molecule has 1 aromatic carbocycles. The van der Waals surface area contributed by atoms with E-state index >= 15 is 0 Å². The van der Waals surface area contributed by atoms with Gasteiger partial charge in [-0.3, -0.25) is 9.59 Å². The van der Waals surface area contributed by atoms with E-state index in [1.165, 1.54) is 6.07 Å². The van der Waals surface area contributed by atoms with Crippen molar-refractivity contribution in [3.8, 4) is 0 Å². The summed E-state index contributed by atoms with van der Waals surface area (Å²) in [7, 11) is 0. The van der Waals surface area contributed by atoms with Crippen molar-refractivity contribution >= 4 is 22.8 Å². The summed E-state index contributed by atoms with van der Waals surface area (Å²) in [5, 5.41) is 0.468. The van der Waals surface area contributed by atoms with E-state index in [0.29, 0.717) is 49.6 Å². The molecule has 0 bridgehead atoms. The lowest BCUT2D eigenvalue weighted by Gasteiger charge is -2.30. The molecule has 8 heteroatoms. The van der Waals surface area contributed by atoms with Gasteiger partial charge in [0.2, 0.25) is 5.95 Å². The molecule has 3 aromatic rings. The van der Waals surface area contributed by atoms with Crippen LogP contribution in [0, 0.1) is 0 Å². The van der Waals surface area contributed by atoms with E-state index in [2.05, 4.69) is 9.88 Å². The third-order valence-electron chi connectivity index (χ3n) is 5.36. The molecule has 0 spiro atoms. The van der Waals surface area contributed by atoms with Gasteiger partial charge < -0.3 is 19.0 Å². The molecule has 2 aliphatic rings. The maximum Gasteiger partial charge on any atom is 0.290 e. The maximum atomic E-state index is 13.0.